The number of nitrogens with zero attached hydrogens (tertiary/aromatic N) is 2. The lowest BCUT2D eigenvalue weighted by molar-refractivity contribution is -0.141. The summed E-state index contributed by atoms with van der Waals surface area (Å²) in [5.74, 6) is -0.615. The van der Waals surface area contributed by atoms with Crippen LogP contribution in [0.25, 0.3) is 0 Å². The maximum absolute atomic E-state index is 12.4. The van der Waals surface area contributed by atoms with Gasteiger partial charge in [-0.2, -0.15) is 18.4 Å². The van der Waals surface area contributed by atoms with Gasteiger partial charge in [0.05, 0.1) is 12.0 Å². The van der Waals surface area contributed by atoms with Crippen LogP contribution in [0.2, 0.25) is 0 Å². The fourth-order valence-electron chi connectivity index (χ4n) is 1.73. The van der Waals surface area contributed by atoms with Gasteiger partial charge in [0, 0.05) is 6.20 Å². The third-order valence-corrected chi connectivity index (χ3v) is 2.67. The number of hydrogen-bond acceptors (Lipinski definition) is 2. The second kappa shape index (κ2) is 5.11. The van der Waals surface area contributed by atoms with Crippen molar-refractivity contribution in [3.05, 3.63) is 65.5 Å². The van der Waals surface area contributed by atoms with Crippen molar-refractivity contribution >= 4 is 0 Å². The van der Waals surface area contributed by atoms with Crippen molar-refractivity contribution < 1.29 is 13.2 Å². The minimum absolute atomic E-state index is 0.446. The second-order valence-electron chi connectivity index (χ2n) is 3.95. The predicted molar refractivity (Wildman–Crippen MR) is 63.1 cm³/mol. The molecule has 0 unspecified atom stereocenters. The molecule has 0 N–H and O–H groups in total. The van der Waals surface area contributed by atoms with Crippen LogP contribution < -0.4 is 0 Å². The zero-order valence-electron chi connectivity index (χ0n) is 9.72. The number of alkyl halides is 3. The van der Waals surface area contributed by atoms with Gasteiger partial charge in [-0.25, -0.2) is 0 Å². The highest BCUT2D eigenvalue weighted by molar-refractivity contribution is 5.37. The molecule has 1 aromatic heterocycles. The van der Waals surface area contributed by atoms with Gasteiger partial charge in [-0.15, -0.1) is 0 Å². The first-order valence-corrected chi connectivity index (χ1v) is 5.50. The fourth-order valence-corrected chi connectivity index (χ4v) is 1.73. The summed E-state index contributed by atoms with van der Waals surface area (Å²) >= 11 is 0. The van der Waals surface area contributed by atoms with Crippen molar-refractivity contribution in [3.8, 4) is 6.07 Å². The summed E-state index contributed by atoms with van der Waals surface area (Å²) in [4.78, 5) is 3.37. The van der Waals surface area contributed by atoms with E-state index >= 15 is 0 Å². The first-order chi connectivity index (χ1) is 9.02. The summed E-state index contributed by atoms with van der Waals surface area (Å²) in [5.41, 5.74) is 0.217. The molecule has 0 aliphatic rings. The largest absolute Gasteiger partial charge is 0.433 e. The van der Waals surface area contributed by atoms with Gasteiger partial charge in [-0.05, 0) is 17.2 Å². The first kappa shape index (κ1) is 13.1. The van der Waals surface area contributed by atoms with Gasteiger partial charge in [-0.1, -0.05) is 36.4 Å². The van der Waals surface area contributed by atoms with Gasteiger partial charge in [0.2, 0.25) is 0 Å². The Kier molecular flexibility index (Phi) is 3.52. The highest BCUT2D eigenvalue weighted by Gasteiger charge is 2.32. The Morgan fingerprint density at radius 3 is 2.16 bits per heavy atom. The molecule has 0 spiro atoms. The SMILES string of the molecule is N#C[C@@H](c1ccccc1)c1ccc(C(F)(F)F)nc1. The van der Waals surface area contributed by atoms with E-state index in [1.54, 1.807) is 24.3 Å². The van der Waals surface area contributed by atoms with Gasteiger partial charge in [0.15, 0.2) is 0 Å². The molecule has 0 saturated carbocycles. The van der Waals surface area contributed by atoms with Crippen LogP contribution in [0.3, 0.4) is 0 Å². The lowest BCUT2D eigenvalue weighted by Gasteiger charge is -2.11. The van der Waals surface area contributed by atoms with E-state index in [2.05, 4.69) is 11.1 Å². The van der Waals surface area contributed by atoms with E-state index in [9.17, 15) is 13.2 Å². The lowest BCUT2D eigenvalue weighted by Crippen LogP contribution is -2.08. The summed E-state index contributed by atoms with van der Waals surface area (Å²) in [6, 6.07) is 13.1. The minimum atomic E-state index is -4.46. The van der Waals surface area contributed by atoms with Crippen molar-refractivity contribution in [2.75, 3.05) is 0 Å². The number of benzene rings is 1. The molecule has 2 rings (SSSR count). The summed E-state index contributed by atoms with van der Waals surface area (Å²) in [6.45, 7) is 0. The van der Waals surface area contributed by atoms with Crippen LogP contribution in [0.4, 0.5) is 13.2 Å². The molecule has 2 nitrogen and oxygen atoms in total. The van der Waals surface area contributed by atoms with E-state index in [0.717, 1.165) is 17.8 Å². The Bertz CT molecular complexity index is 583. The number of rotatable bonds is 2. The molecule has 1 aromatic carbocycles. The number of aromatic nitrogens is 1. The maximum atomic E-state index is 12.4. The normalized spacial score (nSPS) is 12.7. The van der Waals surface area contributed by atoms with E-state index in [1.807, 2.05) is 6.07 Å². The smallest absolute Gasteiger partial charge is 0.251 e. The molecule has 0 aliphatic carbocycles. The van der Waals surface area contributed by atoms with Gasteiger partial charge in [0.25, 0.3) is 0 Å². The Hall–Kier alpha value is -2.35. The minimum Gasteiger partial charge on any atom is -0.251 e. The molecule has 0 amide bonds. The molecule has 5 heteroatoms. The van der Waals surface area contributed by atoms with Crippen LogP contribution in [-0.4, -0.2) is 4.98 Å². The van der Waals surface area contributed by atoms with Gasteiger partial charge >= 0.3 is 6.18 Å². The molecule has 19 heavy (non-hydrogen) atoms. The molecule has 0 bridgehead atoms. The van der Waals surface area contributed by atoms with Crippen LogP contribution in [0.1, 0.15) is 22.7 Å². The number of halogens is 3. The Morgan fingerprint density at radius 2 is 1.68 bits per heavy atom. The average Bonchev–Trinajstić information content (AvgIpc) is 2.40. The monoisotopic (exact) mass is 262 g/mol. The highest BCUT2D eigenvalue weighted by Crippen LogP contribution is 2.29. The van der Waals surface area contributed by atoms with Crippen LogP contribution in [0.15, 0.2) is 48.7 Å². The van der Waals surface area contributed by atoms with Crippen LogP contribution in [-0.2, 0) is 6.18 Å². The first-order valence-electron chi connectivity index (χ1n) is 5.50. The Labute approximate surface area is 108 Å². The third kappa shape index (κ3) is 2.91. The van der Waals surface area contributed by atoms with Gasteiger partial charge in [0.1, 0.15) is 5.69 Å². The molecule has 0 saturated heterocycles. The average molecular weight is 262 g/mol. The summed E-state index contributed by atoms with van der Waals surface area (Å²) < 4.78 is 37.2. The molecule has 0 radical (unpaired) electrons. The standard InChI is InChI=1S/C14H9F3N2/c15-14(16,17)13-7-6-11(9-19-13)12(8-18)10-4-2-1-3-5-10/h1-7,9,12H/t12-/m0/s1. The van der Waals surface area contributed by atoms with Crippen molar-refractivity contribution in [2.24, 2.45) is 0 Å². The maximum Gasteiger partial charge on any atom is 0.433 e. The molecular formula is C14H9F3N2. The Balaban J connectivity index is 2.34. The Morgan fingerprint density at radius 1 is 1.00 bits per heavy atom. The van der Waals surface area contributed by atoms with E-state index in [1.165, 1.54) is 6.07 Å². The number of nitriles is 1. The van der Waals surface area contributed by atoms with Crippen LogP contribution in [0.5, 0.6) is 0 Å². The summed E-state index contributed by atoms with van der Waals surface area (Å²) in [7, 11) is 0. The summed E-state index contributed by atoms with van der Waals surface area (Å²) in [5, 5.41) is 9.16. The topological polar surface area (TPSA) is 36.7 Å². The summed E-state index contributed by atoms with van der Waals surface area (Å²) in [6.07, 6.45) is -3.36. The quantitative estimate of drug-likeness (QED) is 0.826. The molecule has 0 fully saturated rings. The third-order valence-electron chi connectivity index (χ3n) is 2.67. The van der Waals surface area contributed by atoms with Crippen molar-refractivity contribution in [1.29, 1.82) is 5.26 Å². The number of hydrogen-bond donors (Lipinski definition) is 0. The number of pyridine rings is 1. The molecular weight excluding hydrogens is 253 g/mol. The zero-order valence-corrected chi connectivity index (χ0v) is 9.72. The molecule has 0 aliphatic heterocycles. The van der Waals surface area contributed by atoms with Gasteiger partial charge in [-0.3, -0.25) is 4.98 Å². The van der Waals surface area contributed by atoms with Crippen molar-refractivity contribution in [3.63, 3.8) is 0 Å². The highest BCUT2D eigenvalue weighted by atomic mass is 19.4. The van der Waals surface area contributed by atoms with Crippen molar-refractivity contribution in [1.82, 2.24) is 4.98 Å². The van der Waals surface area contributed by atoms with E-state index in [0.29, 0.717) is 5.56 Å². The van der Waals surface area contributed by atoms with E-state index in [4.69, 9.17) is 5.26 Å². The molecule has 96 valence electrons. The second-order valence-corrected chi connectivity index (χ2v) is 3.95. The molecule has 1 heterocycles. The van der Waals surface area contributed by atoms with Crippen molar-refractivity contribution in [2.45, 2.75) is 12.1 Å². The zero-order chi connectivity index (χ0) is 13.9. The van der Waals surface area contributed by atoms with Crippen LogP contribution in [0, 0.1) is 11.3 Å². The molecule has 2 aromatic rings. The van der Waals surface area contributed by atoms with E-state index < -0.39 is 17.8 Å². The lowest BCUT2D eigenvalue weighted by atomic mass is 9.94. The fraction of sp³-hybridized carbons (Fsp3) is 0.143. The van der Waals surface area contributed by atoms with Crippen LogP contribution >= 0.6 is 0 Å². The predicted octanol–water partition coefficient (Wildman–Crippen LogP) is 3.76. The van der Waals surface area contributed by atoms with E-state index in [-0.39, 0.29) is 0 Å². The van der Waals surface area contributed by atoms with Gasteiger partial charge < -0.3 is 0 Å². The molecule has 1 atom stereocenters.